The Morgan fingerprint density at radius 3 is 2.35 bits per heavy atom. The van der Waals surface area contributed by atoms with Gasteiger partial charge in [0.25, 0.3) is 5.91 Å². The van der Waals surface area contributed by atoms with Crippen LogP contribution in [0.15, 0.2) is 47.4 Å². The monoisotopic (exact) mass is 630 g/mol. The van der Waals surface area contributed by atoms with Crippen molar-refractivity contribution in [3.63, 3.8) is 0 Å². The molecular formula is C26H29Cl3N4O6S. The van der Waals surface area contributed by atoms with Gasteiger partial charge >= 0.3 is 12.0 Å². The zero-order valence-electron chi connectivity index (χ0n) is 21.4. The van der Waals surface area contributed by atoms with E-state index >= 15 is 0 Å². The number of hydrogen-bond acceptors (Lipinski definition) is 5. The standard InChI is InChI=1S/C26H29Cl3N4O6S/c27-17-7-4-8-18(13-17)30-26(37)32-11-12-33(40(38,39)19-9-10-20(28)21(29)14-19)25(32)24(36)31-22(15-23(34)35)16-5-2-1-3-6-16/h4,7-10,13-14,16,22,25H,1-3,5-6,11-12,15H2,(H,30,37)(H,31,36)(H,34,35). The van der Waals surface area contributed by atoms with Crippen molar-refractivity contribution in [2.45, 2.75) is 55.6 Å². The SMILES string of the molecule is O=C(O)CC(NC(=O)C1N(C(=O)Nc2cccc(Cl)c2)CCN1S(=O)(=O)c1ccc(Cl)c(Cl)c1)C1CCCCC1. The summed E-state index contributed by atoms with van der Waals surface area (Å²) in [5, 5.41) is 15.5. The average molecular weight is 632 g/mol. The summed E-state index contributed by atoms with van der Waals surface area (Å²) in [6.45, 7) is -0.283. The molecule has 1 heterocycles. The number of carbonyl (C=O) groups excluding carboxylic acids is 2. The lowest BCUT2D eigenvalue weighted by molar-refractivity contribution is -0.138. The summed E-state index contributed by atoms with van der Waals surface area (Å²) in [7, 11) is -4.33. The van der Waals surface area contributed by atoms with Crippen molar-refractivity contribution in [1.29, 1.82) is 0 Å². The number of carboxylic acid groups (broad SMARTS) is 1. The number of carbonyl (C=O) groups is 3. The highest BCUT2D eigenvalue weighted by molar-refractivity contribution is 7.89. The molecule has 40 heavy (non-hydrogen) atoms. The highest BCUT2D eigenvalue weighted by Gasteiger charge is 2.47. The molecule has 1 saturated carbocycles. The summed E-state index contributed by atoms with van der Waals surface area (Å²) in [6, 6.07) is 8.71. The largest absolute Gasteiger partial charge is 0.481 e. The first-order chi connectivity index (χ1) is 19.0. The molecule has 4 rings (SSSR count). The van der Waals surface area contributed by atoms with Gasteiger partial charge in [-0.3, -0.25) is 14.5 Å². The molecular weight excluding hydrogens is 603 g/mol. The first kappa shape index (κ1) is 30.4. The first-order valence-electron chi connectivity index (χ1n) is 12.8. The van der Waals surface area contributed by atoms with Crippen LogP contribution in [0.25, 0.3) is 0 Å². The van der Waals surface area contributed by atoms with Gasteiger partial charge < -0.3 is 15.7 Å². The Morgan fingerprint density at radius 1 is 0.975 bits per heavy atom. The lowest BCUT2D eigenvalue weighted by Crippen LogP contribution is -2.57. The summed E-state index contributed by atoms with van der Waals surface area (Å²) in [6.07, 6.45) is 2.43. The van der Waals surface area contributed by atoms with Crippen LogP contribution in [0, 0.1) is 5.92 Å². The Labute approximate surface area is 247 Å². The smallest absolute Gasteiger partial charge is 0.323 e. The quantitative estimate of drug-likeness (QED) is 0.373. The zero-order chi connectivity index (χ0) is 29.0. The van der Waals surface area contributed by atoms with E-state index in [1.165, 1.54) is 24.3 Å². The number of sulfonamides is 1. The lowest BCUT2D eigenvalue weighted by Gasteiger charge is -2.34. The molecule has 0 spiro atoms. The van der Waals surface area contributed by atoms with Crippen molar-refractivity contribution in [2.24, 2.45) is 5.92 Å². The molecule has 2 aliphatic rings. The Balaban J connectivity index is 1.67. The van der Waals surface area contributed by atoms with Crippen molar-refractivity contribution in [1.82, 2.24) is 14.5 Å². The molecule has 216 valence electrons. The second-order valence-electron chi connectivity index (χ2n) is 9.81. The van der Waals surface area contributed by atoms with E-state index in [2.05, 4.69) is 10.6 Å². The first-order valence-corrected chi connectivity index (χ1v) is 15.4. The normalized spacial score (nSPS) is 19.3. The number of benzene rings is 2. The van der Waals surface area contributed by atoms with Gasteiger partial charge in [0.15, 0.2) is 6.17 Å². The van der Waals surface area contributed by atoms with E-state index in [-0.39, 0.29) is 40.4 Å². The summed E-state index contributed by atoms with van der Waals surface area (Å²) < 4.78 is 28.4. The fourth-order valence-corrected chi connectivity index (χ4v) is 7.32. The molecule has 2 unspecified atom stereocenters. The van der Waals surface area contributed by atoms with E-state index in [4.69, 9.17) is 34.8 Å². The maximum absolute atomic E-state index is 13.8. The molecule has 0 radical (unpaired) electrons. The van der Waals surface area contributed by atoms with E-state index in [9.17, 15) is 27.9 Å². The summed E-state index contributed by atoms with van der Waals surface area (Å²) in [4.78, 5) is 39.7. The van der Waals surface area contributed by atoms with Crippen molar-refractivity contribution in [3.8, 4) is 0 Å². The molecule has 2 aromatic rings. The minimum absolute atomic E-state index is 0.0114. The van der Waals surface area contributed by atoms with Crippen LogP contribution in [-0.2, 0) is 19.6 Å². The Kier molecular flexibility index (Phi) is 9.84. The van der Waals surface area contributed by atoms with Gasteiger partial charge in [0, 0.05) is 29.8 Å². The molecule has 2 atom stereocenters. The number of rotatable bonds is 8. The summed E-state index contributed by atoms with van der Waals surface area (Å²) >= 11 is 18.1. The zero-order valence-corrected chi connectivity index (χ0v) is 24.4. The van der Waals surface area contributed by atoms with Gasteiger partial charge in [0.2, 0.25) is 10.0 Å². The van der Waals surface area contributed by atoms with Crippen molar-refractivity contribution >= 4 is 68.4 Å². The van der Waals surface area contributed by atoms with Crippen LogP contribution in [0.1, 0.15) is 38.5 Å². The van der Waals surface area contributed by atoms with E-state index in [1.54, 1.807) is 18.2 Å². The molecule has 1 saturated heterocycles. The highest BCUT2D eigenvalue weighted by atomic mass is 35.5. The third kappa shape index (κ3) is 7.01. The number of urea groups is 1. The van der Waals surface area contributed by atoms with Gasteiger partial charge in [-0.1, -0.05) is 60.1 Å². The number of amides is 3. The van der Waals surface area contributed by atoms with Crippen LogP contribution in [0.5, 0.6) is 0 Å². The number of anilines is 1. The van der Waals surface area contributed by atoms with Gasteiger partial charge in [0.1, 0.15) is 0 Å². The lowest BCUT2D eigenvalue weighted by atomic mass is 9.82. The predicted octanol–water partition coefficient (Wildman–Crippen LogP) is 5.05. The number of nitrogens with zero attached hydrogens (tertiary/aromatic N) is 2. The van der Waals surface area contributed by atoms with E-state index in [1.807, 2.05) is 0 Å². The van der Waals surface area contributed by atoms with Crippen molar-refractivity contribution in [2.75, 3.05) is 18.4 Å². The summed E-state index contributed by atoms with van der Waals surface area (Å²) in [5.74, 6) is -1.96. The number of halogens is 3. The minimum atomic E-state index is -4.33. The minimum Gasteiger partial charge on any atom is -0.481 e. The predicted molar refractivity (Wildman–Crippen MR) is 152 cm³/mol. The van der Waals surface area contributed by atoms with Gasteiger partial charge in [-0.15, -0.1) is 0 Å². The molecule has 1 aliphatic heterocycles. The number of nitrogens with one attached hydrogen (secondary N) is 2. The maximum atomic E-state index is 13.8. The fourth-order valence-electron chi connectivity index (χ4n) is 5.19. The van der Waals surface area contributed by atoms with Crippen LogP contribution in [0.2, 0.25) is 15.1 Å². The molecule has 3 amide bonds. The Hall–Kier alpha value is -2.57. The molecule has 1 aliphatic carbocycles. The molecule has 10 nitrogen and oxygen atoms in total. The second kappa shape index (κ2) is 12.9. The summed E-state index contributed by atoms with van der Waals surface area (Å²) in [5.41, 5.74) is 0.355. The van der Waals surface area contributed by atoms with Crippen LogP contribution < -0.4 is 10.6 Å². The van der Waals surface area contributed by atoms with Crippen LogP contribution in [0.3, 0.4) is 0 Å². The maximum Gasteiger partial charge on any atom is 0.323 e. The third-order valence-electron chi connectivity index (χ3n) is 7.14. The Morgan fingerprint density at radius 2 is 1.70 bits per heavy atom. The van der Waals surface area contributed by atoms with Crippen LogP contribution in [0.4, 0.5) is 10.5 Å². The van der Waals surface area contributed by atoms with Gasteiger partial charge in [0.05, 0.1) is 21.4 Å². The molecule has 2 fully saturated rings. The van der Waals surface area contributed by atoms with Crippen molar-refractivity contribution in [3.05, 3.63) is 57.5 Å². The van der Waals surface area contributed by atoms with Crippen LogP contribution >= 0.6 is 34.8 Å². The fraction of sp³-hybridized carbons (Fsp3) is 0.423. The molecule has 0 bridgehead atoms. The van der Waals surface area contributed by atoms with E-state index < -0.39 is 40.1 Å². The third-order valence-corrected chi connectivity index (χ3v) is 9.96. The number of aliphatic carboxylic acids is 1. The number of hydrogen-bond donors (Lipinski definition) is 3. The van der Waals surface area contributed by atoms with Crippen molar-refractivity contribution < 1.29 is 27.9 Å². The molecule has 0 aromatic heterocycles. The second-order valence-corrected chi connectivity index (χ2v) is 13.0. The van der Waals surface area contributed by atoms with E-state index in [0.717, 1.165) is 41.3 Å². The number of carboxylic acids is 1. The highest BCUT2D eigenvalue weighted by Crippen LogP contribution is 2.32. The van der Waals surface area contributed by atoms with Gasteiger partial charge in [-0.05, 0) is 55.2 Å². The molecule has 2 aromatic carbocycles. The Bertz CT molecular complexity index is 1390. The van der Waals surface area contributed by atoms with Crippen LogP contribution in [-0.4, -0.2) is 65.9 Å². The molecule has 14 heteroatoms. The average Bonchev–Trinajstić information content (AvgIpc) is 3.37. The van der Waals surface area contributed by atoms with E-state index in [0.29, 0.717) is 10.7 Å². The van der Waals surface area contributed by atoms with Gasteiger partial charge in [-0.25, -0.2) is 13.2 Å². The topological polar surface area (TPSA) is 136 Å². The molecule has 3 N–H and O–H groups in total. The van der Waals surface area contributed by atoms with Gasteiger partial charge in [-0.2, -0.15) is 4.31 Å².